The monoisotopic (exact) mass is 386 g/mol. The molecule has 1 nitrogen and oxygen atoms in total. The molecule has 0 atom stereocenters. The maximum absolute atomic E-state index is 14.2. The molecule has 29 heavy (non-hydrogen) atoms. The fourth-order valence-corrected chi connectivity index (χ4v) is 3.76. The normalized spacial score (nSPS) is 19.7. The number of hydrogen-bond donors (Lipinski definition) is 0. The van der Waals surface area contributed by atoms with Gasteiger partial charge in [-0.15, -0.1) is 0 Å². The molecule has 1 aliphatic carbocycles. The first-order chi connectivity index (χ1) is 14.1. The average Bonchev–Trinajstić information content (AvgIpc) is 2.74. The summed E-state index contributed by atoms with van der Waals surface area (Å²) in [5.41, 5.74) is 2.96. The van der Waals surface area contributed by atoms with Gasteiger partial charge in [-0.05, 0) is 48.6 Å². The molecule has 0 spiro atoms. The molecule has 0 radical (unpaired) electrons. The molecule has 3 aromatic rings. The van der Waals surface area contributed by atoms with Crippen LogP contribution < -0.4 is 0 Å². The third kappa shape index (κ3) is 4.24. The molecule has 3 aromatic carbocycles. The Bertz CT molecular complexity index is 1030. The number of Topliss-reactive ketones (excluding diaryl/α,β-unsaturated/α-hetero) is 1. The maximum atomic E-state index is 14.2. The smallest absolute Gasteiger partial charge is 0.185 e. The van der Waals surface area contributed by atoms with Gasteiger partial charge in [0.05, 0.1) is 0 Å². The fourth-order valence-electron chi connectivity index (χ4n) is 3.76. The number of ketones is 1. The van der Waals surface area contributed by atoms with E-state index in [1.807, 2.05) is 30.3 Å². The van der Waals surface area contributed by atoms with Gasteiger partial charge in [-0.25, -0.2) is 8.78 Å². The van der Waals surface area contributed by atoms with Gasteiger partial charge in [0.2, 0.25) is 0 Å². The predicted molar refractivity (Wildman–Crippen MR) is 112 cm³/mol. The number of benzene rings is 3. The van der Waals surface area contributed by atoms with Crippen molar-refractivity contribution in [1.29, 1.82) is 0 Å². The summed E-state index contributed by atoms with van der Waals surface area (Å²) in [5.74, 6) is -0.808. The van der Waals surface area contributed by atoms with E-state index in [4.69, 9.17) is 0 Å². The van der Waals surface area contributed by atoms with Gasteiger partial charge in [0, 0.05) is 22.3 Å². The molecule has 1 saturated carbocycles. The van der Waals surface area contributed by atoms with Crippen molar-refractivity contribution in [2.45, 2.75) is 18.8 Å². The summed E-state index contributed by atoms with van der Waals surface area (Å²) in [6.45, 7) is 0. The van der Waals surface area contributed by atoms with Crippen LogP contribution in [0.15, 0.2) is 90.0 Å². The van der Waals surface area contributed by atoms with Crippen LogP contribution in [-0.4, -0.2) is 5.78 Å². The topological polar surface area (TPSA) is 17.1 Å². The van der Waals surface area contributed by atoms with Crippen LogP contribution in [0.4, 0.5) is 8.78 Å². The van der Waals surface area contributed by atoms with E-state index in [2.05, 4.69) is 0 Å². The van der Waals surface area contributed by atoms with Crippen LogP contribution in [0.25, 0.3) is 12.2 Å². The summed E-state index contributed by atoms with van der Waals surface area (Å²) in [7, 11) is 0. The Morgan fingerprint density at radius 2 is 1.10 bits per heavy atom. The molecule has 0 bridgehead atoms. The van der Waals surface area contributed by atoms with Crippen LogP contribution in [0, 0.1) is 11.6 Å². The largest absolute Gasteiger partial charge is 0.289 e. The van der Waals surface area contributed by atoms with Crippen molar-refractivity contribution in [1.82, 2.24) is 0 Å². The minimum Gasteiger partial charge on any atom is -0.289 e. The number of rotatable bonds is 3. The Labute approximate surface area is 169 Å². The first-order valence-corrected chi connectivity index (χ1v) is 9.61. The highest BCUT2D eigenvalue weighted by Crippen LogP contribution is 2.38. The highest BCUT2D eigenvalue weighted by molar-refractivity contribution is 6.14. The molecule has 0 amide bonds. The third-order valence-corrected chi connectivity index (χ3v) is 5.26. The lowest BCUT2D eigenvalue weighted by atomic mass is 9.76. The summed E-state index contributed by atoms with van der Waals surface area (Å²) in [5, 5.41) is 0. The van der Waals surface area contributed by atoms with Crippen molar-refractivity contribution in [3.8, 4) is 0 Å². The lowest BCUT2D eigenvalue weighted by Crippen LogP contribution is -2.19. The second-order valence-corrected chi connectivity index (χ2v) is 7.23. The van der Waals surface area contributed by atoms with E-state index in [0.717, 1.165) is 5.56 Å². The van der Waals surface area contributed by atoms with E-state index < -0.39 is 0 Å². The minimum absolute atomic E-state index is 0.0740. The van der Waals surface area contributed by atoms with Gasteiger partial charge in [0.25, 0.3) is 0 Å². The number of carbonyl (C=O) groups excluding carboxylic acids is 1. The number of hydrogen-bond acceptors (Lipinski definition) is 1. The Balaban J connectivity index is 1.78. The highest BCUT2D eigenvalue weighted by Gasteiger charge is 2.29. The second kappa shape index (κ2) is 8.36. The van der Waals surface area contributed by atoms with Crippen LogP contribution in [0.1, 0.15) is 35.4 Å². The summed E-state index contributed by atoms with van der Waals surface area (Å²) in [6.07, 6.45) is 4.29. The van der Waals surface area contributed by atoms with Gasteiger partial charge in [-0.2, -0.15) is 0 Å². The molecule has 0 saturated heterocycles. The van der Waals surface area contributed by atoms with Crippen molar-refractivity contribution >= 4 is 17.9 Å². The zero-order valence-corrected chi connectivity index (χ0v) is 15.8. The Morgan fingerprint density at radius 3 is 1.59 bits per heavy atom. The highest BCUT2D eigenvalue weighted by atomic mass is 19.1. The summed E-state index contributed by atoms with van der Waals surface area (Å²) >= 11 is 0. The van der Waals surface area contributed by atoms with Gasteiger partial charge in [-0.3, -0.25) is 4.79 Å². The first kappa shape index (κ1) is 19.0. The van der Waals surface area contributed by atoms with E-state index in [1.54, 1.807) is 48.6 Å². The molecule has 0 heterocycles. The summed E-state index contributed by atoms with van der Waals surface area (Å²) in [4.78, 5) is 13.2. The lowest BCUT2D eigenvalue weighted by Gasteiger charge is -2.26. The van der Waals surface area contributed by atoms with E-state index >= 15 is 0 Å². The SMILES string of the molecule is O=C1/C(=C/c2ccccc2F)CC(c2ccccc2)C/C1=C\c1ccccc1F. The zero-order valence-electron chi connectivity index (χ0n) is 15.8. The second-order valence-electron chi connectivity index (χ2n) is 7.23. The fraction of sp³-hybridized carbons (Fsp3) is 0.115. The molecule has 4 rings (SSSR count). The summed E-state index contributed by atoms with van der Waals surface area (Å²) < 4.78 is 28.3. The van der Waals surface area contributed by atoms with Crippen LogP contribution in [-0.2, 0) is 4.79 Å². The van der Waals surface area contributed by atoms with Crippen molar-refractivity contribution in [2.75, 3.05) is 0 Å². The van der Waals surface area contributed by atoms with Crippen LogP contribution in [0.5, 0.6) is 0 Å². The van der Waals surface area contributed by atoms with Crippen molar-refractivity contribution in [3.63, 3.8) is 0 Å². The molecule has 144 valence electrons. The average molecular weight is 386 g/mol. The Hall–Kier alpha value is -3.33. The molecular formula is C26H20F2O. The molecule has 1 fully saturated rings. The molecule has 0 aromatic heterocycles. The number of carbonyl (C=O) groups is 1. The Morgan fingerprint density at radius 1 is 0.655 bits per heavy atom. The lowest BCUT2D eigenvalue weighted by molar-refractivity contribution is -0.113. The first-order valence-electron chi connectivity index (χ1n) is 9.61. The maximum Gasteiger partial charge on any atom is 0.185 e. The van der Waals surface area contributed by atoms with E-state index in [1.165, 1.54) is 12.1 Å². The van der Waals surface area contributed by atoms with Crippen LogP contribution >= 0.6 is 0 Å². The standard InChI is InChI=1S/C26H20F2O/c27-24-12-6-4-10-19(24)14-22-16-21(18-8-2-1-3-9-18)17-23(26(22)29)15-20-11-5-7-13-25(20)28/h1-15,21H,16-17H2/b22-14+,23-15+. The number of halogens is 2. The number of allylic oxidation sites excluding steroid dienone is 2. The van der Waals surface area contributed by atoms with Gasteiger partial charge >= 0.3 is 0 Å². The molecule has 0 N–H and O–H groups in total. The Kier molecular flexibility index (Phi) is 5.48. The van der Waals surface area contributed by atoms with E-state index in [0.29, 0.717) is 35.1 Å². The van der Waals surface area contributed by atoms with Crippen molar-refractivity contribution in [3.05, 3.63) is 118 Å². The van der Waals surface area contributed by atoms with Crippen LogP contribution in [0.2, 0.25) is 0 Å². The molecule has 3 heteroatoms. The molecule has 0 aliphatic heterocycles. The zero-order chi connectivity index (χ0) is 20.2. The van der Waals surface area contributed by atoms with Crippen molar-refractivity contribution in [2.24, 2.45) is 0 Å². The van der Waals surface area contributed by atoms with E-state index in [9.17, 15) is 13.6 Å². The quantitative estimate of drug-likeness (QED) is 0.465. The third-order valence-electron chi connectivity index (χ3n) is 5.26. The van der Waals surface area contributed by atoms with Crippen LogP contribution in [0.3, 0.4) is 0 Å². The van der Waals surface area contributed by atoms with E-state index in [-0.39, 0.29) is 23.3 Å². The summed E-state index contributed by atoms with van der Waals surface area (Å²) in [6, 6.07) is 22.7. The molecular weight excluding hydrogens is 366 g/mol. The molecule has 1 aliphatic rings. The molecule has 0 unspecified atom stereocenters. The van der Waals surface area contributed by atoms with Gasteiger partial charge in [0.1, 0.15) is 11.6 Å². The van der Waals surface area contributed by atoms with Gasteiger partial charge in [0.15, 0.2) is 5.78 Å². The van der Waals surface area contributed by atoms with Gasteiger partial charge in [-0.1, -0.05) is 66.7 Å². The predicted octanol–water partition coefficient (Wildman–Crippen LogP) is 6.58. The van der Waals surface area contributed by atoms with Crippen molar-refractivity contribution < 1.29 is 13.6 Å². The minimum atomic E-state index is -0.366. The van der Waals surface area contributed by atoms with Gasteiger partial charge < -0.3 is 0 Å².